The molecule has 6 heteroatoms. The van der Waals surface area contributed by atoms with Gasteiger partial charge in [-0.1, -0.05) is 0 Å². The molecule has 0 saturated carbocycles. The molecule has 118 valence electrons. The van der Waals surface area contributed by atoms with Gasteiger partial charge in [-0.05, 0) is 39.0 Å². The van der Waals surface area contributed by atoms with Crippen LogP contribution in [0.3, 0.4) is 0 Å². The molecule has 0 atom stereocenters. The van der Waals surface area contributed by atoms with Crippen molar-refractivity contribution in [2.45, 2.75) is 26.3 Å². The first-order chi connectivity index (χ1) is 10.3. The van der Waals surface area contributed by atoms with Crippen LogP contribution in [0.1, 0.15) is 31.1 Å². The standard InChI is InChI=1S/C16H20N2O4/c1-16(2,3)18-15(20)10-8-9-6-7-11(21-4)13(22-5)12(9)17-14(10)19/h6-8H,1-5H3,(H,17,19)(H,18,20). The lowest BCUT2D eigenvalue weighted by atomic mass is 10.1. The number of benzene rings is 1. The Bertz CT molecular complexity index is 772. The van der Waals surface area contributed by atoms with E-state index in [0.29, 0.717) is 22.4 Å². The molecule has 0 fully saturated rings. The summed E-state index contributed by atoms with van der Waals surface area (Å²) in [5.74, 6) is 0.530. The highest BCUT2D eigenvalue weighted by atomic mass is 16.5. The molecular formula is C16H20N2O4. The van der Waals surface area contributed by atoms with Gasteiger partial charge in [-0.15, -0.1) is 0 Å². The number of aromatic nitrogens is 1. The zero-order valence-corrected chi connectivity index (χ0v) is 13.4. The van der Waals surface area contributed by atoms with Crippen molar-refractivity contribution in [3.8, 4) is 11.5 Å². The van der Waals surface area contributed by atoms with Crippen molar-refractivity contribution >= 4 is 16.8 Å². The van der Waals surface area contributed by atoms with Crippen LogP contribution in [0.15, 0.2) is 23.0 Å². The van der Waals surface area contributed by atoms with Gasteiger partial charge in [0.05, 0.1) is 19.7 Å². The van der Waals surface area contributed by atoms with Crippen molar-refractivity contribution in [1.29, 1.82) is 0 Å². The lowest BCUT2D eigenvalue weighted by Crippen LogP contribution is -2.42. The molecule has 0 aliphatic carbocycles. The van der Waals surface area contributed by atoms with Gasteiger partial charge in [0.15, 0.2) is 11.5 Å². The Kier molecular flexibility index (Phi) is 4.12. The quantitative estimate of drug-likeness (QED) is 0.909. The van der Waals surface area contributed by atoms with Gasteiger partial charge >= 0.3 is 0 Å². The highest BCUT2D eigenvalue weighted by molar-refractivity contribution is 5.98. The van der Waals surface area contributed by atoms with Crippen LogP contribution in [0.2, 0.25) is 0 Å². The minimum absolute atomic E-state index is 0.0645. The summed E-state index contributed by atoms with van der Waals surface area (Å²) in [6, 6.07) is 5.04. The molecule has 2 aromatic rings. The summed E-state index contributed by atoms with van der Waals surface area (Å²) in [5.41, 5.74) is -0.328. The number of pyridine rings is 1. The zero-order chi connectivity index (χ0) is 16.5. The number of nitrogens with one attached hydrogen (secondary N) is 2. The first-order valence-corrected chi connectivity index (χ1v) is 6.87. The minimum Gasteiger partial charge on any atom is -0.493 e. The molecule has 0 aliphatic heterocycles. The monoisotopic (exact) mass is 304 g/mol. The fourth-order valence-corrected chi connectivity index (χ4v) is 2.17. The number of amides is 1. The van der Waals surface area contributed by atoms with Gasteiger partial charge in [-0.2, -0.15) is 0 Å². The molecule has 0 unspecified atom stereocenters. The number of fused-ring (bicyclic) bond motifs is 1. The van der Waals surface area contributed by atoms with E-state index in [2.05, 4.69) is 10.3 Å². The summed E-state index contributed by atoms with van der Waals surface area (Å²) in [6.07, 6.45) is 0. The van der Waals surface area contributed by atoms with E-state index < -0.39 is 17.0 Å². The number of aromatic amines is 1. The van der Waals surface area contributed by atoms with Gasteiger partial charge in [0.2, 0.25) is 0 Å². The van der Waals surface area contributed by atoms with Gasteiger partial charge in [-0.3, -0.25) is 9.59 Å². The third-order valence-corrected chi connectivity index (χ3v) is 3.09. The molecule has 1 heterocycles. The van der Waals surface area contributed by atoms with E-state index in [9.17, 15) is 9.59 Å². The average Bonchev–Trinajstić information content (AvgIpc) is 2.43. The van der Waals surface area contributed by atoms with Crippen molar-refractivity contribution in [3.05, 3.63) is 34.1 Å². The Labute approximate surface area is 128 Å². The van der Waals surface area contributed by atoms with E-state index >= 15 is 0 Å². The third kappa shape index (κ3) is 3.05. The largest absolute Gasteiger partial charge is 0.493 e. The molecule has 22 heavy (non-hydrogen) atoms. The molecule has 0 bridgehead atoms. The Morgan fingerprint density at radius 2 is 1.86 bits per heavy atom. The summed E-state index contributed by atoms with van der Waals surface area (Å²) in [5, 5.41) is 3.47. The van der Waals surface area contributed by atoms with Crippen LogP contribution >= 0.6 is 0 Å². The van der Waals surface area contributed by atoms with E-state index in [0.717, 1.165) is 0 Å². The number of H-pyrrole nitrogens is 1. The molecule has 6 nitrogen and oxygen atoms in total. The fraction of sp³-hybridized carbons (Fsp3) is 0.375. The van der Waals surface area contributed by atoms with Gasteiger partial charge in [-0.25, -0.2) is 0 Å². The highest BCUT2D eigenvalue weighted by Crippen LogP contribution is 2.33. The average molecular weight is 304 g/mol. The van der Waals surface area contributed by atoms with Crippen LogP contribution in [0, 0.1) is 0 Å². The van der Waals surface area contributed by atoms with Gasteiger partial charge in [0, 0.05) is 10.9 Å². The van der Waals surface area contributed by atoms with Crippen molar-refractivity contribution in [1.82, 2.24) is 10.3 Å². The number of rotatable bonds is 3. The molecule has 0 radical (unpaired) electrons. The molecule has 0 aliphatic rings. The van der Waals surface area contributed by atoms with Crippen LogP contribution in [0.25, 0.3) is 10.9 Å². The maximum atomic E-state index is 12.2. The summed E-state index contributed by atoms with van der Waals surface area (Å²) >= 11 is 0. The summed E-state index contributed by atoms with van der Waals surface area (Å²) in [7, 11) is 3.02. The highest BCUT2D eigenvalue weighted by Gasteiger charge is 2.19. The predicted octanol–water partition coefficient (Wildman–Crippen LogP) is 2.07. The topological polar surface area (TPSA) is 80.4 Å². The predicted molar refractivity (Wildman–Crippen MR) is 84.9 cm³/mol. The first-order valence-electron chi connectivity index (χ1n) is 6.87. The lowest BCUT2D eigenvalue weighted by molar-refractivity contribution is 0.0918. The summed E-state index contributed by atoms with van der Waals surface area (Å²) in [4.78, 5) is 27.1. The van der Waals surface area contributed by atoms with Crippen LogP contribution in [-0.4, -0.2) is 30.6 Å². The Balaban J connectivity index is 2.60. The molecule has 1 amide bonds. The van der Waals surface area contributed by atoms with Crippen LogP contribution in [0.5, 0.6) is 11.5 Å². The Morgan fingerprint density at radius 3 is 2.41 bits per heavy atom. The Morgan fingerprint density at radius 1 is 1.18 bits per heavy atom. The van der Waals surface area contributed by atoms with E-state index in [4.69, 9.17) is 9.47 Å². The second-order valence-electron chi connectivity index (χ2n) is 5.98. The SMILES string of the molecule is COc1ccc2cc(C(=O)NC(C)(C)C)c(=O)[nH]c2c1OC. The molecule has 2 N–H and O–H groups in total. The summed E-state index contributed by atoms with van der Waals surface area (Å²) < 4.78 is 10.5. The van der Waals surface area contributed by atoms with Crippen LogP contribution < -0.4 is 20.3 Å². The third-order valence-electron chi connectivity index (χ3n) is 3.09. The van der Waals surface area contributed by atoms with Gasteiger partial charge < -0.3 is 19.8 Å². The van der Waals surface area contributed by atoms with E-state index in [1.54, 1.807) is 18.2 Å². The van der Waals surface area contributed by atoms with E-state index in [1.165, 1.54) is 14.2 Å². The number of hydrogen-bond donors (Lipinski definition) is 2. The number of carbonyl (C=O) groups excluding carboxylic acids is 1. The van der Waals surface area contributed by atoms with Crippen molar-refractivity contribution < 1.29 is 14.3 Å². The lowest BCUT2D eigenvalue weighted by Gasteiger charge is -2.20. The molecule has 1 aromatic heterocycles. The first kappa shape index (κ1) is 15.9. The number of carbonyl (C=O) groups is 1. The fourth-order valence-electron chi connectivity index (χ4n) is 2.17. The molecule has 1 aromatic carbocycles. The van der Waals surface area contributed by atoms with Gasteiger partial charge in [0.25, 0.3) is 11.5 Å². The van der Waals surface area contributed by atoms with Crippen molar-refractivity contribution in [2.24, 2.45) is 0 Å². The molecule has 0 spiro atoms. The van der Waals surface area contributed by atoms with Crippen LogP contribution in [0.4, 0.5) is 0 Å². The van der Waals surface area contributed by atoms with E-state index in [1.807, 2.05) is 20.8 Å². The van der Waals surface area contributed by atoms with Gasteiger partial charge in [0.1, 0.15) is 5.56 Å². The molecular weight excluding hydrogens is 284 g/mol. The summed E-state index contributed by atoms with van der Waals surface area (Å²) in [6.45, 7) is 5.57. The van der Waals surface area contributed by atoms with Crippen molar-refractivity contribution in [3.63, 3.8) is 0 Å². The smallest absolute Gasteiger partial charge is 0.261 e. The minimum atomic E-state index is -0.471. The Hall–Kier alpha value is -2.50. The van der Waals surface area contributed by atoms with E-state index in [-0.39, 0.29) is 5.56 Å². The number of ether oxygens (including phenoxy) is 2. The molecule has 0 saturated heterocycles. The second-order valence-corrected chi connectivity index (χ2v) is 5.98. The second kappa shape index (κ2) is 5.71. The number of hydrogen-bond acceptors (Lipinski definition) is 4. The maximum Gasteiger partial charge on any atom is 0.261 e. The number of methoxy groups -OCH3 is 2. The van der Waals surface area contributed by atoms with Crippen molar-refractivity contribution in [2.75, 3.05) is 14.2 Å². The zero-order valence-electron chi connectivity index (χ0n) is 13.4. The van der Waals surface area contributed by atoms with Crippen LogP contribution in [-0.2, 0) is 0 Å². The normalized spacial score (nSPS) is 11.3. The molecule has 2 rings (SSSR count). The maximum absolute atomic E-state index is 12.2.